The van der Waals surface area contributed by atoms with Gasteiger partial charge in [0.25, 0.3) is 0 Å². The van der Waals surface area contributed by atoms with Crippen molar-refractivity contribution in [3.63, 3.8) is 0 Å². The molecule has 2 aromatic carbocycles. The van der Waals surface area contributed by atoms with Crippen LogP contribution in [0.25, 0.3) is 0 Å². The molecule has 63 heavy (non-hydrogen) atoms. The first-order valence-corrected chi connectivity index (χ1v) is 20.5. The number of aliphatic carboxylic acids is 1. The number of nitrogens with one attached hydrogen (secondary N) is 7. The summed E-state index contributed by atoms with van der Waals surface area (Å²) in [5.74, 6) is -3.05. The number of nitrogens with two attached hydrogens (primary N) is 1. The summed E-state index contributed by atoms with van der Waals surface area (Å²) in [7, 11) is 3.26. The van der Waals surface area contributed by atoms with Crippen LogP contribution in [0.1, 0.15) is 79.4 Å². The molecule has 4 atom stereocenters. The Hall–Kier alpha value is -6.50. The average Bonchev–Trinajstić information content (AvgIpc) is 3.21. The first-order chi connectivity index (χ1) is 29.4. The van der Waals surface area contributed by atoms with Crippen LogP contribution in [0.4, 0.5) is 21.0 Å². The molecule has 2 aromatic rings. The number of carboxylic acids is 1. The van der Waals surface area contributed by atoms with Crippen LogP contribution >= 0.6 is 0 Å². The van der Waals surface area contributed by atoms with Crippen molar-refractivity contribution in [2.75, 3.05) is 37.8 Å². The monoisotopic (exact) mass is 879 g/mol. The first kappa shape index (κ1) is 52.6. The molecule has 0 heterocycles. The van der Waals surface area contributed by atoms with Gasteiger partial charge in [-0.05, 0) is 73.5 Å². The molecule has 2 rings (SSSR count). The van der Waals surface area contributed by atoms with Gasteiger partial charge in [-0.3, -0.25) is 29.3 Å². The van der Waals surface area contributed by atoms with E-state index in [1.54, 1.807) is 68.7 Å². The summed E-state index contributed by atoms with van der Waals surface area (Å²) in [6.45, 7) is 14.3. The lowest BCUT2D eigenvalue weighted by molar-refractivity contribution is -0.141. The standard InChI is InChI=1S/C44H65N9O10/c1-26(2)33(22-27(3)40(59)60)53(10)39(58)36(43(4,5)6)52-38(57)35(46-9)44(7,8)29-15-19-31(20-16-29)50-42(62)63-24-28-13-17-30(18-14-28)49-37(56)32(12-11-21-48-41(45)61)51-34(55)23-47-25-54/h13-20,22,25-26,32-33,35-36,46H,11-12,21,23-24H2,1-10H3,(H,47,54)(H,49,56)(H,50,62)(H,51,55)(H,52,57)(H,59,60)(H3,45,48,61)/b27-22+. The second-order valence-corrected chi connectivity index (χ2v) is 17.1. The molecule has 0 aliphatic heterocycles. The molecule has 0 saturated heterocycles. The van der Waals surface area contributed by atoms with Gasteiger partial charge in [0.1, 0.15) is 18.7 Å². The van der Waals surface area contributed by atoms with Crippen LogP contribution in [-0.2, 0) is 45.5 Å². The summed E-state index contributed by atoms with van der Waals surface area (Å²) in [5.41, 5.74) is 5.91. The minimum atomic E-state index is -1.08. The molecule has 4 unspecified atom stereocenters. The zero-order chi connectivity index (χ0) is 47.7. The quantitative estimate of drug-likeness (QED) is 0.0445. The van der Waals surface area contributed by atoms with Gasteiger partial charge in [0.05, 0.1) is 18.6 Å². The largest absolute Gasteiger partial charge is 0.478 e. The second kappa shape index (κ2) is 24.2. The molecule has 0 aliphatic carbocycles. The van der Waals surface area contributed by atoms with Crippen molar-refractivity contribution in [3.8, 4) is 0 Å². The van der Waals surface area contributed by atoms with E-state index in [0.717, 1.165) is 5.56 Å². The first-order valence-electron chi connectivity index (χ1n) is 20.5. The Kier molecular flexibility index (Phi) is 20.2. The maximum Gasteiger partial charge on any atom is 0.411 e. The molecule has 19 heteroatoms. The van der Waals surface area contributed by atoms with E-state index in [2.05, 4.69) is 37.2 Å². The van der Waals surface area contributed by atoms with Crippen LogP contribution in [0, 0.1) is 11.3 Å². The molecule has 0 aromatic heterocycles. The number of nitrogens with zero attached hydrogens (tertiary/aromatic N) is 1. The minimum Gasteiger partial charge on any atom is -0.478 e. The van der Waals surface area contributed by atoms with Crippen molar-refractivity contribution >= 4 is 59.5 Å². The molecule has 0 saturated carbocycles. The zero-order valence-corrected chi connectivity index (χ0v) is 37.8. The lowest BCUT2D eigenvalue weighted by Crippen LogP contribution is -2.61. The SMILES string of the molecule is CNC(C(=O)NC(C(=O)N(C)C(/C=C(\C)C(=O)O)C(C)C)C(C)(C)C)C(C)(C)c1ccc(NC(=O)OCc2ccc(NC(=O)C(CCCNC(N)=O)NC(=O)CNC=O)cc2)cc1. The number of ether oxygens (including phenoxy) is 1. The summed E-state index contributed by atoms with van der Waals surface area (Å²) in [6, 6.07) is 9.45. The van der Waals surface area contributed by atoms with Crippen molar-refractivity contribution in [1.82, 2.24) is 31.5 Å². The molecule has 346 valence electrons. The van der Waals surface area contributed by atoms with Crippen molar-refractivity contribution in [3.05, 3.63) is 71.3 Å². The number of rotatable bonds is 23. The molecule has 0 bridgehead atoms. The van der Waals surface area contributed by atoms with Crippen LogP contribution in [-0.4, -0.2) is 109 Å². The van der Waals surface area contributed by atoms with Crippen molar-refractivity contribution in [2.45, 2.75) is 104 Å². The van der Waals surface area contributed by atoms with Crippen LogP contribution in [0.5, 0.6) is 0 Å². The van der Waals surface area contributed by atoms with E-state index in [4.69, 9.17) is 10.5 Å². The van der Waals surface area contributed by atoms with E-state index in [1.807, 2.05) is 48.5 Å². The molecule has 0 spiro atoms. The van der Waals surface area contributed by atoms with E-state index in [-0.39, 0.29) is 43.5 Å². The van der Waals surface area contributed by atoms with Crippen LogP contribution in [0.3, 0.4) is 0 Å². The lowest BCUT2D eigenvalue weighted by atomic mass is 9.76. The maximum absolute atomic E-state index is 14.0. The number of carboxylic acid groups (broad SMARTS) is 1. The molecule has 10 N–H and O–H groups in total. The third-order valence-corrected chi connectivity index (χ3v) is 10.3. The van der Waals surface area contributed by atoms with Crippen molar-refractivity contribution < 1.29 is 48.2 Å². The lowest BCUT2D eigenvalue weighted by Gasteiger charge is -2.40. The van der Waals surface area contributed by atoms with Gasteiger partial charge >= 0.3 is 18.1 Å². The zero-order valence-electron chi connectivity index (χ0n) is 37.8. The third kappa shape index (κ3) is 16.7. The van der Waals surface area contributed by atoms with Gasteiger partial charge in [0, 0.05) is 36.0 Å². The normalized spacial score (nSPS) is 13.6. The van der Waals surface area contributed by atoms with E-state index in [1.165, 1.54) is 11.8 Å². The van der Waals surface area contributed by atoms with E-state index >= 15 is 0 Å². The predicted octanol–water partition coefficient (Wildman–Crippen LogP) is 2.96. The fourth-order valence-corrected chi connectivity index (χ4v) is 6.66. The molecule has 0 aliphatic rings. The minimum absolute atomic E-state index is 0.0932. The predicted molar refractivity (Wildman–Crippen MR) is 238 cm³/mol. The van der Waals surface area contributed by atoms with Gasteiger partial charge in [-0.1, -0.05) is 78.8 Å². The number of benzene rings is 2. The number of hydrogen-bond donors (Lipinski definition) is 9. The number of amides is 8. The van der Waals surface area contributed by atoms with Gasteiger partial charge < -0.3 is 52.4 Å². The highest BCUT2D eigenvalue weighted by atomic mass is 16.5. The van der Waals surface area contributed by atoms with E-state index in [0.29, 0.717) is 29.8 Å². The Labute approximate surface area is 369 Å². The molecule has 0 radical (unpaired) electrons. The fraction of sp³-hybridized carbons (Fsp3) is 0.500. The molecule has 8 amide bonds. The molecule has 19 nitrogen and oxygen atoms in total. The topological polar surface area (TPSA) is 279 Å². The highest BCUT2D eigenvalue weighted by Gasteiger charge is 2.41. The molecular formula is C44H65N9O10. The average molecular weight is 880 g/mol. The van der Waals surface area contributed by atoms with Gasteiger partial charge in [-0.25, -0.2) is 14.4 Å². The van der Waals surface area contributed by atoms with Gasteiger partial charge in [-0.15, -0.1) is 0 Å². The number of carbonyl (C=O) groups is 8. The smallest absolute Gasteiger partial charge is 0.411 e. The Morgan fingerprint density at radius 2 is 1.44 bits per heavy atom. The highest BCUT2D eigenvalue weighted by Crippen LogP contribution is 2.30. The Bertz CT molecular complexity index is 1940. The van der Waals surface area contributed by atoms with E-state index < -0.39 is 70.8 Å². The van der Waals surface area contributed by atoms with E-state index in [9.17, 15) is 43.5 Å². The van der Waals surface area contributed by atoms with Crippen LogP contribution < -0.4 is 43.0 Å². The molecular weight excluding hydrogens is 815 g/mol. The number of carbonyl (C=O) groups excluding carboxylic acids is 7. The molecule has 0 fully saturated rings. The van der Waals surface area contributed by atoms with Gasteiger partial charge in [-0.2, -0.15) is 0 Å². The Morgan fingerprint density at radius 1 is 0.857 bits per heavy atom. The number of hydrogen-bond acceptors (Lipinski definition) is 10. The Balaban J connectivity index is 2.08. The number of likely N-dealkylation sites (N-methyl/N-ethyl adjacent to an activating group) is 2. The van der Waals surface area contributed by atoms with Crippen molar-refractivity contribution in [1.29, 1.82) is 0 Å². The summed E-state index contributed by atoms with van der Waals surface area (Å²) in [5, 5.41) is 28.1. The number of urea groups is 1. The van der Waals surface area contributed by atoms with Gasteiger partial charge in [0.2, 0.25) is 30.0 Å². The van der Waals surface area contributed by atoms with Crippen molar-refractivity contribution in [2.24, 2.45) is 17.1 Å². The highest BCUT2D eigenvalue weighted by molar-refractivity contribution is 5.97. The Morgan fingerprint density at radius 3 is 1.97 bits per heavy atom. The van der Waals surface area contributed by atoms with Crippen LogP contribution in [0.2, 0.25) is 0 Å². The summed E-state index contributed by atoms with van der Waals surface area (Å²) in [4.78, 5) is 101. The summed E-state index contributed by atoms with van der Waals surface area (Å²) in [6.07, 6.45) is 1.69. The number of anilines is 2. The maximum atomic E-state index is 14.0. The third-order valence-electron chi connectivity index (χ3n) is 10.3. The summed E-state index contributed by atoms with van der Waals surface area (Å²) < 4.78 is 5.40. The number of primary amides is 1. The summed E-state index contributed by atoms with van der Waals surface area (Å²) >= 11 is 0. The fourth-order valence-electron chi connectivity index (χ4n) is 6.66. The second-order valence-electron chi connectivity index (χ2n) is 17.1. The van der Waals surface area contributed by atoms with Gasteiger partial charge in [0.15, 0.2) is 0 Å². The van der Waals surface area contributed by atoms with Crippen LogP contribution in [0.15, 0.2) is 60.2 Å².